The first-order chi connectivity index (χ1) is 6.27. The van der Waals surface area contributed by atoms with Crippen molar-refractivity contribution in [1.29, 1.82) is 0 Å². The van der Waals surface area contributed by atoms with Gasteiger partial charge in [0.25, 0.3) is 0 Å². The molecule has 1 heterocycles. The van der Waals surface area contributed by atoms with E-state index in [0.29, 0.717) is 6.04 Å². The summed E-state index contributed by atoms with van der Waals surface area (Å²) in [6.45, 7) is 4.91. The van der Waals surface area contributed by atoms with Crippen LogP contribution in [0.4, 0.5) is 0 Å². The lowest BCUT2D eigenvalue weighted by molar-refractivity contribution is -0.130. The molecular weight excluding hydrogens is 166 g/mol. The minimum absolute atomic E-state index is 0.0752. The molecule has 0 aliphatic carbocycles. The Balaban J connectivity index is 2.30. The first-order valence-corrected chi connectivity index (χ1v) is 5.19. The molecule has 1 aliphatic rings. The fourth-order valence-electron chi connectivity index (χ4n) is 1.57. The lowest BCUT2D eigenvalue weighted by Gasteiger charge is -2.17. The van der Waals surface area contributed by atoms with Crippen molar-refractivity contribution in [3.05, 3.63) is 0 Å². The van der Waals surface area contributed by atoms with Gasteiger partial charge in [-0.1, -0.05) is 13.8 Å². The zero-order chi connectivity index (χ0) is 9.68. The topological polar surface area (TPSA) is 38.3 Å². The largest absolute Gasteiger partial charge is 0.368 e. The van der Waals surface area contributed by atoms with Crippen molar-refractivity contribution in [2.75, 3.05) is 6.61 Å². The van der Waals surface area contributed by atoms with Crippen molar-refractivity contribution in [3.63, 3.8) is 0 Å². The molecule has 1 atom stereocenters. The van der Waals surface area contributed by atoms with Crippen LogP contribution in [0.15, 0.2) is 0 Å². The summed E-state index contributed by atoms with van der Waals surface area (Å²) in [6.07, 6.45) is 3.71. The average Bonchev–Trinajstić information content (AvgIpc) is 2.66. The molecular formula is C10H19NO2. The molecule has 1 rings (SSSR count). The van der Waals surface area contributed by atoms with Gasteiger partial charge in [-0.15, -0.1) is 0 Å². The van der Waals surface area contributed by atoms with Crippen LogP contribution in [-0.4, -0.2) is 24.7 Å². The second-order valence-corrected chi connectivity index (χ2v) is 3.52. The van der Waals surface area contributed by atoms with E-state index < -0.39 is 0 Å². The molecule has 1 aliphatic heterocycles. The lowest BCUT2D eigenvalue weighted by Crippen LogP contribution is -2.40. The van der Waals surface area contributed by atoms with Crippen LogP contribution in [0, 0.1) is 0 Å². The standard InChI is InChI=1S/C10H19NO2/c1-3-8(4-2)11-10(12)9-6-5-7-13-9/h8-9H,3-7H2,1-2H3,(H,11,12)/t9-/m1/s1. The number of rotatable bonds is 4. The van der Waals surface area contributed by atoms with Crippen LogP contribution in [0.25, 0.3) is 0 Å². The summed E-state index contributed by atoms with van der Waals surface area (Å²) in [6, 6.07) is 0.316. The molecule has 0 bridgehead atoms. The molecule has 0 aromatic rings. The Morgan fingerprint density at radius 2 is 2.23 bits per heavy atom. The Morgan fingerprint density at radius 3 is 2.69 bits per heavy atom. The normalized spacial score (nSPS) is 22.2. The van der Waals surface area contributed by atoms with Gasteiger partial charge in [0.1, 0.15) is 6.10 Å². The summed E-state index contributed by atoms with van der Waals surface area (Å²) in [5, 5.41) is 2.99. The SMILES string of the molecule is CCC(CC)NC(=O)[C@H]1CCCO1. The van der Waals surface area contributed by atoms with Crippen molar-refractivity contribution >= 4 is 5.91 Å². The van der Waals surface area contributed by atoms with Crippen LogP contribution in [0.2, 0.25) is 0 Å². The van der Waals surface area contributed by atoms with Crippen molar-refractivity contribution in [3.8, 4) is 0 Å². The molecule has 3 nitrogen and oxygen atoms in total. The van der Waals surface area contributed by atoms with E-state index in [2.05, 4.69) is 19.2 Å². The Bertz CT molecular complexity index is 160. The quantitative estimate of drug-likeness (QED) is 0.720. The van der Waals surface area contributed by atoms with Gasteiger partial charge in [-0.25, -0.2) is 0 Å². The minimum Gasteiger partial charge on any atom is -0.368 e. The monoisotopic (exact) mass is 185 g/mol. The van der Waals surface area contributed by atoms with Gasteiger partial charge in [0.05, 0.1) is 0 Å². The van der Waals surface area contributed by atoms with Crippen LogP contribution in [0.5, 0.6) is 0 Å². The summed E-state index contributed by atoms with van der Waals surface area (Å²) >= 11 is 0. The Labute approximate surface area is 79.8 Å². The van der Waals surface area contributed by atoms with E-state index in [-0.39, 0.29) is 12.0 Å². The van der Waals surface area contributed by atoms with Gasteiger partial charge in [0.2, 0.25) is 5.91 Å². The summed E-state index contributed by atoms with van der Waals surface area (Å²) in [7, 11) is 0. The molecule has 1 amide bonds. The number of amides is 1. The van der Waals surface area contributed by atoms with Crippen molar-refractivity contribution in [2.24, 2.45) is 0 Å². The molecule has 76 valence electrons. The summed E-state index contributed by atoms with van der Waals surface area (Å²) in [5.74, 6) is 0.0752. The average molecular weight is 185 g/mol. The molecule has 13 heavy (non-hydrogen) atoms. The predicted molar refractivity (Wildman–Crippen MR) is 51.5 cm³/mol. The fraction of sp³-hybridized carbons (Fsp3) is 0.900. The minimum atomic E-state index is -0.180. The third-order valence-corrected chi connectivity index (χ3v) is 2.55. The molecule has 0 radical (unpaired) electrons. The molecule has 1 fully saturated rings. The van der Waals surface area contributed by atoms with Gasteiger partial charge in [-0.05, 0) is 25.7 Å². The third-order valence-electron chi connectivity index (χ3n) is 2.55. The van der Waals surface area contributed by atoms with Crippen molar-refractivity contribution in [2.45, 2.75) is 51.7 Å². The summed E-state index contributed by atoms with van der Waals surface area (Å²) < 4.78 is 5.29. The van der Waals surface area contributed by atoms with E-state index in [1.165, 1.54) is 0 Å². The third kappa shape index (κ3) is 2.99. The van der Waals surface area contributed by atoms with E-state index in [9.17, 15) is 4.79 Å². The first kappa shape index (κ1) is 10.5. The van der Waals surface area contributed by atoms with Crippen LogP contribution < -0.4 is 5.32 Å². The van der Waals surface area contributed by atoms with Gasteiger partial charge in [0, 0.05) is 12.6 Å². The highest BCUT2D eigenvalue weighted by Gasteiger charge is 2.24. The van der Waals surface area contributed by atoms with Gasteiger partial charge < -0.3 is 10.1 Å². The molecule has 0 saturated carbocycles. The zero-order valence-electron chi connectivity index (χ0n) is 8.51. The Kier molecular flexibility index (Phi) is 4.22. The lowest BCUT2D eigenvalue weighted by atomic mass is 10.1. The van der Waals surface area contributed by atoms with Crippen molar-refractivity contribution < 1.29 is 9.53 Å². The molecule has 0 unspecified atom stereocenters. The number of nitrogens with one attached hydrogen (secondary N) is 1. The molecule has 1 N–H and O–H groups in total. The molecule has 1 saturated heterocycles. The maximum absolute atomic E-state index is 11.5. The van der Waals surface area contributed by atoms with Crippen molar-refractivity contribution in [1.82, 2.24) is 5.32 Å². The number of hydrogen-bond acceptors (Lipinski definition) is 2. The molecule has 3 heteroatoms. The van der Waals surface area contributed by atoms with Crippen LogP contribution in [0.1, 0.15) is 39.5 Å². The van der Waals surface area contributed by atoms with Gasteiger partial charge in [-0.2, -0.15) is 0 Å². The predicted octanol–water partition coefficient (Wildman–Crippen LogP) is 1.47. The molecule has 0 aromatic heterocycles. The van der Waals surface area contributed by atoms with E-state index in [1.807, 2.05) is 0 Å². The zero-order valence-corrected chi connectivity index (χ0v) is 8.51. The number of hydrogen-bond donors (Lipinski definition) is 1. The maximum atomic E-state index is 11.5. The van der Waals surface area contributed by atoms with E-state index in [1.54, 1.807) is 0 Å². The number of carbonyl (C=O) groups is 1. The highest BCUT2D eigenvalue weighted by molar-refractivity contribution is 5.81. The summed E-state index contributed by atoms with van der Waals surface area (Å²) in [5.41, 5.74) is 0. The van der Waals surface area contributed by atoms with Gasteiger partial charge in [-0.3, -0.25) is 4.79 Å². The van der Waals surface area contributed by atoms with Crippen LogP contribution in [0.3, 0.4) is 0 Å². The first-order valence-electron chi connectivity index (χ1n) is 5.19. The smallest absolute Gasteiger partial charge is 0.249 e. The van der Waals surface area contributed by atoms with Crippen LogP contribution >= 0.6 is 0 Å². The number of ether oxygens (including phenoxy) is 1. The molecule has 0 aromatic carbocycles. The summed E-state index contributed by atoms with van der Waals surface area (Å²) in [4.78, 5) is 11.5. The second kappa shape index (κ2) is 5.22. The Hall–Kier alpha value is -0.570. The molecule has 0 spiro atoms. The van der Waals surface area contributed by atoms with E-state index >= 15 is 0 Å². The number of carbonyl (C=O) groups excluding carboxylic acids is 1. The van der Waals surface area contributed by atoms with Crippen LogP contribution in [-0.2, 0) is 9.53 Å². The highest BCUT2D eigenvalue weighted by atomic mass is 16.5. The van der Waals surface area contributed by atoms with Gasteiger partial charge >= 0.3 is 0 Å². The highest BCUT2D eigenvalue weighted by Crippen LogP contribution is 2.12. The maximum Gasteiger partial charge on any atom is 0.249 e. The fourth-order valence-corrected chi connectivity index (χ4v) is 1.57. The second-order valence-electron chi connectivity index (χ2n) is 3.52. The van der Waals surface area contributed by atoms with Gasteiger partial charge in [0.15, 0.2) is 0 Å². The van der Waals surface area contributed by atoms with E-state index in [0.717, 1.165) is 32.3 Å². The van der Waals surface area contributed by atoms with E-state index in [4.69, 9.17) is 4.74 Å². The Morgan fingerprint density at radius 1 is 1.54 bits per heavy atom.